The van der Waals surface area contributed by atoms with E-state index in [1.54, 1.807) is 0 Å². The van der Waals surface area contributed by atoms with Gasteiger partial charge >= 0.3 is 0 Å². The number of nitrogens with one attached hydrogen (secondary N) is 1. The molecule has 2 atom stereocenters. The minimum absolute atomic E-state index is 0.473. The smallest absolute Gasteiger partial charge is 0.0936 e. The highest BCUT2D eigenvalue weighted by atomic mass is 15.1. The molecule has 2 aromatic rings. The van der Waals surface area contributed by atoms with Crippen molar-refractivity contribution in [1.82, 2.24) is 9.88 Å². The molecule has 1 N–H and O–H groups in total. The Labute approximate surface area is 127 Å². The molecule has 0 radical (unpaired) electrons. The molecule has 3 rings (SSSR count). The minimum Gasteiger partial charge on any atom is -0.381 e. The Hall–Kier alpha value is -1.61. The number of aromatic nitrogens is 1. The second-order valence-electron chi connectivity index (χ2n) is 6.43. The van der Waals surface area contributed by atoms with Crippen molar-refractivity contribution in [2.45, 2.75) is 32.7 Å². The number of anilines is 1. The summed E-state index contributed by atoms with van der Waals surface area (Å²) in [6.07, 6.45) is 2.62. The number of rotatable bonds is 3. The molecule has 21 heavy (non-hydrogen) atoms. The second-order valence-corrected chi connectivity index (χ2v) is 6.43. The van der Waals surface area contributed by atoms with Gasteiger partial charge in [-0.3, -0.25) is 4.98 Å². The van der Waals surface area contributed by atoms with Crippen molar-refractivity contribution in [3.8, 4) is 0 Å². The van der Waals surface area contributed by atoms with E-state index in [9.17, 15) is 0 Å². The number of hydrogen-bond acceptors (Lipinski definition) is 3. The van der Waals surface area contributed by atoms with Crippen LogP contribution in [0.5, 0.6) is 0 Å². The Morgan fingerprint density at radius 1 is 1.29 bits per heavy atom. The van der Waals surface area contributed by atoms with Crippen LogP contribution < -0.4 is 5.32 Å². The van der Waals surface area contributed by atoms with E-state index in [1.807, 2.05) is 0 Å². The average Bonchev–Trinajstić information content (AvgIpc) is 2.48. The third-order valence-electron chi connectivity index (χ3n) is 4.61. The lowest BCUT2D eigenvalue weighted by atomic mass is 9.91. The SMILES string of the molecule is Cc1ccc2cccc(NC(C)C3CCCN(C)C3)c2n1. The van der Waals surface area contributed by atoms with Gasteiger partial charge in [-0.2, -0.15) is 0 Å². The van der Waals surface area contributed by atoms with Crippen molar-refractivity contribution in [3.63, 3.8) is 0 Å². The summed E-state index contributed by atoms with van der Waals surface area (Å²) in [5, 5.41) is 4.92. The summed E-state index contributed by atoms with van der Waals surface area (Å²) < 4.78 is 0. The molecular weight excluding hydrogens is 258 g/mol. The maximum Gasteiger partial charge on any atom is 0.0936 e. The highest BCUT2D eigenvalue weighted by molar-refractivity contribution is 5.90. The average molecular weight is 283 g/mol. The quantitative estimate of drug-likeness (QED) is 0.931. The Morgan fingerprint density at radius 3 is 2.95 bits per heavy atom. The predicted molar refractivity (Wildman–Crippen MR) is 89.8 cm³/mol. The Balaban J connectivity index is 1.82. The summed E-state index contributed by atoms with van der Waals surface area (Å²) in [4.78, 5) is 7.16. The van der Waals surface area contributed by atoms with Gasteiger partial charge < -0.3 is 10.2 Å². The van der Waals surface area contributed by atoms with Crippen LogP contribution in [0.25, 0.3) is 10.9 Å². The number of aryl methyl sites for hydroxylation is 1. The third-order valence-corrected chi connectivity index (χ3v) is 4.61. The first kappa shape index (κ1) is 14.3. The number of para-hydroxylation sites is 1. The van der Waals surface area contributed by atoms with Crippen molar-refractivity contribution in [2.75, 3.05) is 25.5 Å². The zero-order valence-corrected chi connectivity index (χ0v) is 13.3. The number of benzene rings is 1. The van der Waals surface area contributed by atoms with Gasteiger partial charge in [-0.1, -0.05) is 18.2 Å². The minimum atomic E-state index is 0.473. The van der Waals surface area contributed by atoms with Crippen LogP contribution in [0, 0.1) is 12.8 Å². The number of piperidine rings is 1. The van der Waals surface area contributed by atoms with Crippen molar-refractivity contribution >= 4 is 16.6 Å². The van der Waals surface area contributed by atoms with Crippen molar-refractivity contribution in [3.05, 3.63) is 36.0 Å². The molecule has 0 spiro atoms. The fourth-order valence-corrected chi connectivity index (χ4v) is 3.34. The zero-order valence-electron chi connectivity index (χ0n) is 13.3. The highest BCUT2D eigenvalue weighted by Gasteiger charge is 2.23. The summed E-state index contributed by atoms with van der Waals surface area (Å²) in [6.45, 7) is 6.78. The molecule has 0 aliphatic carbocycles. The molecule has 3 heteroatoms. The first-order valence-corrected chi connectivity index (χ1v) is 7.95. The van der Waals surface area contributed by atoms with Crippen LogP contribution in [-0.2, 0) is 0 Å². The van der Waals surface area contributed by atoms with Crippen LogP contribution in [0.3, 0.4) is 0 Å². The molecule has 0 saturated carbocycles. The van der Waals surface area contributed by atoms with Crippen LogP contribution >= 0.6 is 0 Å². The lowest BCUT2D eigenvalue weighted by molar-refractivity contribution is 0.197. The van der Waals surface area contributed by atoms with E-state index >= 15 is 0 Å². The first-order chi connectivity index (χ1) is 10.1. The van der Waals surface area contributed by atoms with Gasteiger partial charge in [0.05, 0.1) is 11.2 Å². The fraction of sp³-hybridized carbons (Fsp3) is 0.500. The van der Waals surface area contributed by atoms with E-state index in [2.05, 4.69) is 61.4 Å². The molecule has 2 heterocycles. The van der Waals surface area contributed by atoms with Gasteiger partial charge in [0, 0.05) is 23.7 Å². The van der Waals surface area contributed by atoms with Gasteiger partial charge in [0.25, 0.3) is 0 Å². The summed E-state index contributed by atoms with van der Waals surface area (Å²) in [5.41, 5.74) is 3.33. The molecule has 2 unspecified atom stereocenters. The second kappa shape index (κ2) is 6.02. The van der Waals surface area contributed by atoms with E-state index in [0.717, 1.165) is 16.9 Å². The van der Waals surface area contributed by atoms with E-state index in [1.165, 1.54) is 31.3 Å². The highest BCUT2D eigenvalue weighted by Crippen LogP contribution is 2.26. The zero-order chi connectivity index (χ0) is 14.8. The molecule has 0 amide bonds. The number of nitrogens with zero attached hydrogens (tertiary/aromatic N) is 2. The molecule has 1 aliphatic heterocycles. The molecule has 0 bridgehead atoms. The molecule has 1 aromatic carbocycles. The van der Waals surface area contributed by atoms with Crippen molar-refractivity contribution in [2.24, 2.45) is 5.92 Å². The Kier molecular flexibility index (Phi) is 4.11. The van der Waals surface area contributed by atoms with E-state index < -0.39 is 0 Å². The molecule has 3 nitrogen and oxygen atoms in total. The van der Waals surface area contributed by atoms with Crippen molar-refractivity contribution in [1.29, 1.82) is 0 Å². The van der Waals surface area contributed by atoms with E-state index in [0.29, 0.717) is 12.0 Å². The largest absolute Gasteiger partial charge is 0.381 e. The fourth-order valence-electron chi connectivity index (χ4n) is 3.34. The summed E-state index contributed by atoms with van der Waals surface area (Å²) >= 11 is 0. The number of fused-ring (bicyclic) bond motifs is 1. The molecule has 1 aliphatic rings. The van der Waals surface area contributed by atoms with Gasteiger partial charge in [-0.15, -0.1) is 0 Å². The number of hydrogen-bond donors (Lipinski definition) is 1. The maximum atomic E-state index is 4.72. The normalized spacial score (nSPS) is 21.4. The van der Waals surface area contributed by atoms with Crippen LogP contribution in [-0.4, -0.2) is 36.1 Å². The molecule has 1 aromatic heterocycles. The lowest BCUT2D eigenvalue weighted by Gasteiger charge is -2.34. The predicted octanol–water partition coefficient (Wildman–Crippen LogP) is 3.69. The van der Waals surface area contributed by atoms with Crippen LogP contribution in [0.2, 0.25) is 0 Å². The van der Waals surface area contributed by atoms with Gasteiger partial charge in [0.1, 0.15) is 0 Å². The lowest BCUT2D eigenvalue weighted by Crippen LogP contribution is -2.39. The summed E-state index contributed by atoms with van der Waals surface area (Å²) in [7, 11) is 2.22. The van der Waals surface area contributed by atoms with Gasteiger partial charge in [0.15, 0.2) is 0 Å². The van der Waals surface area contributed by atoms with Crippen LogP contribution in [0.1, 0.15) is 25.5 Å². The summed E-state index contributed by atoms with van der Waals surface area (Å²) in [6, 6.07) is 11.1. The van der Waals surface area contributed by atoms with Crippen LogP contribution in [0.15, 0.2) is 30.3 Å². The third kappa shape index (κ3) is 3.18. The van der Waals surface area contributed by atoms with Crippen molar-refractivity contribution < 1.29 is 0 Å². The molecular formula is C18H25N3. The summed E-state index contributed by atoms with van der Waals surface area (Å²) in [5.74, 6) is 0.712. The van der Waals surface area contributed by atoms with Crippen LogP contribution in [0.4, 0.5) is 5.69 Å². The van der Waals surface area contributed by atoms with Gasteiger partial charge in [-0.25, -0.2) is 0 Å². The topological polar surface area (TPSA) is 28.2 Å². The van der Waals surface area contributed by atoms with Gasteiger partial charge in [0.2, 0.25) is 0 Å². The first-order valence-electron chi connectivity index (χ1n) is 7.95. The standard InChI is InChI=1S/C18H25N3/c1-13-9-10-15-6-4-8-17(18(15)19-13)20-14(2)16-7-5-11-21(3)12-16/h4,6,8-10,14,16,20H,5,7,11-12H2,1-3H3. The number of likely N-dealkylation sites (tertiary alicyclic amines) is 1. The van der Waals surface area contributed by atoms with E-state index in [4.69, 9.17) is 4.98 Å². The Morgan fingerprint density at radius 2 is 2.14 bits per heavy atom. The monoisotopic (exact) mass is 283 g/mol. The molecule has 1 saturated heterocycles. The van der Waals surface area contributed by atoms with E-state index in [-0.39, 0.29) is 0 Å². The number of pyridine rings is 1. The maximum absolute atomic E-state index is 4.72. The molecule has 1 fully saturated rings. The Bertz CT molecular complexity index is 623. The molecule has 112 valence electrons. The van der Waals surface area contributed by atoms with Gasteiger partial charge in [-0.05, 0) is 58.3 Å².